The average molecular weight is 319 g/mol. The van der Waals surface area contributed by atoms with Gasteiger partial charge < -0.3 is 15.6 Å². The summed E-state index contributed by atoms with van der Waals surface area (Å²) < 4.78 is 0. The molecule has 1 aliphatic heterocycles. The Balaban J connectivity index is 1.54. The van der Waals surface area contributed by atoms with E-state index < -0.39 is 12.1 Å². The van der Waals surface area contributed by atoms with Crippen LogP contribution in [0.25, 0.3) is 10.9 Å². The van der Waals surface area contributed by atoms with Crippen molar-refractivity contribution in [2.24, 2.45) is 0 Å². The maximum atomic E-state index is 12.4. The molecule has 4 rings (SSSR count). The maximum Gasteiger partial charge on any atom is 0.247 e. The fraction of sp³-hybridized carbons (Fsp3) is 0.158. The van der Waals surface area contributed by atoms with Crippen LogP contribution in [0.5, 0.6) is 0 Å². The summed E-state index contributed by atoms with van der Waals surface area (Å²) in [5.41, 5.74) is 2.83. The minimum absolute atomic E-state index is 0.159. The number of fused-ring (bicyclic) bond motifs is 1. The third-order valence-corrected chi connectivity index (χ3v) is 4.41. The van der Waals surface area contributed by atoms with Crippen molar-refractivity contribution in [3.8, 4) is 0 Å². The molecule has 0 saturated carbocycles. The zero-order valence-electron chi connectivity index (χ0n) is 13.0. The van der Waals surface area contributed by atoms with Crippen molar-refractivity contribution in [3.05, 3.63) is 71.9 Å². The van der Waals surface area contributed by atoms with E-state index in [2.05, 4.69) is 15.6 Å². The van der Waals surface area contributed by atoms with E-state index in [1.54, 1.807) is 0 Å². The van der Waals surface area contributed by atoms with Crippen LogP contribution in [0, 0.1) is 0 Å². The van der Waals surface area contributed by atoms with Crippen molar-refractivity contribution < 1.29 is 9.59 Å². The van der Waals surface area contributed by atoms with E-state index in [-0.39, 0.29) is 11.8 Å². The number of rotatable bonds is 3. The zero-order chi connectivity index (χ0) is 16.5. The molecule has 0 radical (unpaired) electrons. The van der Waals surface area contributed by atoms with Crippen LogP contribution in [0.3, 0.4) is 0 Å². The van der Waals surface area contributed by atoms with E-state index in [0.29, 0.717) is 6.42 Å². The van der Waals surface area contributed by atoms with Gasteiger partial charge >= 0.3 is 0 Å². The van der Waals surface area contributed by atoms with Crippen molar-refractivity contribution >= 4 is 22.7 Å². The van der Waals surface area contributed by atoms with Gasteiger partial charge in [0, 0.05) is 23.5 Å². The van der Waals surface area contributed by atoms with Crippen LogP contribution < -0.4 is 10.6 Å². The van der Waals surface area contributed by atoms with Crippen LogP contribution in [0.15, 0.2) is 60.8 Å². The van der Waals surface area contributed by atoms with E-state index in [9.17, 15) is 9.59 Å². The van der Waals surface area contributed by atoms with Crippen LogP contribution in [-0.4, -0.2) is 22.8 Å². The summed E-state index contributed by atoms with van der Waals surface area (Å²) >= 11 is 0. The Morgan fingerprint density at radius 1 is 0.833 bits per heavy atom. The highest BCUT2D eigenvalue weighted by Crippen LogP contribution is 2.21. The summed E-state index contributed by atoms with van der Waals surface area (Å²) in [5, 5.41) is 6.76. The van der Waals surface area contributed by atoms with Gasteiger partial charge in [0.15, 0.2) is 0 Å². The first-order valence-electron chi connectivity index (χ1n) is 7.93. The summed E-state index contributed by atoms with van der Waals surface area (Å²) in [6.07, 6.45) is 2.36. The number of carbonyl (C=O) groups is 2. The predicted octanol–water partition coefficient (Wildman–Crippen LogP) is 2.07. The van der Waals surface area contributed by atoms with Gasteiger partial charge in [-0.15, -0.1) is 0 Å². The molecule has 0 spiro atoms. The van der Waals surface area contributed by atoms with Gasteiger partial charge in [0.1, 0.15) is 12.1 Å². The largest absolute Gasteiger partial charge is 0.361 e. The molecule has 0 bridgehead atoms. The Bertz CT molecular complexity index is 901. The van der Waals surface area contributed by atoms with Crippen molar-refractivity contribution in [2.75, 3.05) is 0 Å². The molecule has 1 aliphatic rings. The van der Waals surface area contributed by atoms with Crippen LogP contribution in [0.1, 0.15) is 17.2 Å². The molecule has 3 N–H and O–H groups in total. The highest BCUT2D eigenvalue weighted by atomic mass is 16.2. The van der Waals surface area contributed by atoms with Crippen molar-refractivity contribution in [1.82, 2.24) is 15.6 Å². The second-order valence-electron chi connectivity index (χ2n) is 5.98. The molecule has 120 valence electrons. The minimum atomic E-state index is -0.627. The fourth-order valence-corrected chi connectivity index (χ4v) is 3.17. The van der Waals surface area contributed by atoms with Gasteiger partial charge in [-0.1, -0.05) is 48.5 Å². The molecule has 1 saturated heterocycles. The van der Waals surface area contributed by atoms with Crippen LogP contribution in [0.2, 0.25) is 0 Å². The third kappa shape index (κ3) is 2.54. The smallest absolute Gasteiger partial charge is 0.247 e. The van der Waals surface area contributed by atoms with Crippen molar-refractivity contribution in [1.29, 1.82) is 0 Å². The standard InChI is InChI=1S/C19H17N3O2/c23-18-16(10-13-11-20-15-9-5-4-8-14(13)15)21-19(24)17(22-18)12-6-2-1-3-7-12/h1-9,11,16-17,20H,10H2,(H,21,24)(H,22,23)/t16-,17-/m0/s1. The Morgan fingerprint density at radius 3 is 2.42 bits per heavy atom. The number of hydrogen-bond donors (Lipinski definition) is 3. The molecule has 5 nitrogen and oxygen atoms in total. The van der Waals surface area contributed by atoms with Gasteiger partial charge in [-0.25, -0.2) is 0 Å². The van der Waals surface area contributed by atoms with Gasteiger partial charge in [0.05, 0.1) is 0 Å². The first-order chi connectivity index (χ1) is 11.7. The molecule has 0 aliphatic carbocycles. The lowest BCUT2D eigenvalue weighted by molar-refractivity contribution is -0.136. The lowest BCUT2D eigenvalue weighted by Gasteiger charge is -2.29. The first kappa shape index (κ1) is 14.5. The Labute approximate surface area is 139 Å². The number of amides is 2. The molecule has 2 aromatic carbocycles. The first-order valence-corrected chi connectivity index (χ1v) is 7.93. The Morgan fingerprint density at radius 2 is 1.58 bits per heavy atom. The van der Waals surface area contributed by atoms with Gasteiger partial charge in [-0.3, -0.25) is 9.59 Å². The number of hydrogen-bond acceptors (Lipinski definition) is 2. The number of H-pyrrole nitrogens is 1. The second kappa shape index (κ2) is 5.85. The maximum absolute atomic E-state index is 12.4. The van der Waals surface area contributed by atoms with Crippen LogP contribution in [-0.2, 0) is 16.0 Å². The molecule has 2 amide bonds. The summed E-state index contributed by atoms with van der Waals surface area (Å²) in [7, 11) is 0. The molecule has 3 aromatic rings. The van der Waals surface area contributed by atoms with E-state index in [0.717, 1.165) is 22.0 Å². The predicted molar refractivity (Wildman–Crippen MR) is 91.3 cm³/mol. The molecule has 5 heteroatoms. The number of carbonyl (C=O) groups excluding carboxylic acids is 2. The minimum Gasteiger partial charge on any atom is -0.361 e. The number of aromatic amines is 1. The number of aromatic nitrogens is 1. The van der Waals surface area contributed by atoms with E-state index in [1.807, 2.05) is 60.8 Å². The molecule has 2 atom stereocenters. The van der Waals surface area contributed by atoms with E-state index in [1.165, 1.54) is 0 Å². The molecule has 1 aromatic heterocycles. The Hall–Kier alpha value is -3.08. The third-order valence-electron chi connectivity index (χ3n) is 4.41. The van der Waals surface area contributed by atoms with Gasteiger partial charge in [0.25, 0.3) is 0 Å². The van der Waals surface area contributed by atoms with Crippen LogP contribution in [0.4, 0.5) is 0 Å². The fourth-order valence-electron chi connectivity index (χ4n) is 3.17. The van der Waals surface area contributed by atoms with Crippen LogP contribution >= 0.6 is 0 Å². The topological polar surface area (TPSA) is 74.0 Å². The lowest BCUT2D eigenvalue weighted by atomic mass is 9.98. The molecule has 2 heterocycles. The second-order valence-corrected chi connectivity index (χ2v) is 5.98. The molecular weight excluding hydrogens is 302 g/mol. The zero-order valence-corrected chi connectivity index (χ0v) is 13.0. The summed E-state index contributed by atoms with van der Waals surface area (Å²) in [4.78, 5) is 28.1. The highest BCUT2D eigenvalue weighted by Gasteiger charge is 2.34. The lowest BCUT2D eigenvalue weighted by Crippen LogP contribution is -2.58. The molecule has 0 unspecified atom stereocenters. The highest BCUT2D eigenvalue weighted by molar-refractivity contribution is 5.98. The molecular formula is C19H17N3O2. The van der Waals surface area contributed by atoms with Gasteiger partial charge in [-0.05, 0) is 17.2 Å². The van der Waals surface area contributed by atoms with E-state index in [4.69, 9.17) is 0 Å². The monoisotopic (exact) mass is 319 g/mol. The number of nitrogens with one attached hydrogen (secondary N) is 3. The van der Waals surface area contributed by atoms with Crippen molar-refractivity contribution in [3.63, 3.8) is 0 Å². The molecule has 24 heavy (non-hydrogen) atoms. The van der Waals surface area contributed by atoms with Crippen molar-refractivity contribution in [2.45, 2.75) is 18.5 Å². The van der Waals surface area contributed by atoms with Gasteiger partial charge in [0.2, 0.25) is 11.8 Å². The summed E-state index contributed by atoms with van der Waals surface area (Å²) in [5.74, 6) is -0.334. The number of benzene rings is 2. The summed E-state index contributed by atoms with van der Waals surface area (Å²) in [6, 6.07) is 16.0. The SMILES string of the molecule is O=C1N[C@@H](c2ccccc2)C(=O)N[C@H]1Cc1c[nH]c2ccccc12. The molecule has 1 fully saturated rings. The quantitative estimate of drug-likeness (QED) is 0.691. The van der Waals surface area contributed by atoms with E-state index >= 15 is 0 Å². The Kier molecular flexibility index (Phi) is 3.54. The normalized spacial score (nSPS) is 20.7. The number of para-hydroxylation sites is 1. The van der Waals surface area contributed by atoms with Gasteiger partial charge in [-0.2, -0.15) is 0 Å². The number of piperazine rings is 1. The average Bonchev–Trinajstić information content (AvgIpc) is 3.02. The summed E-state index contributed by atoms with van der Waals surface area (Å²) in [6.45, 7) is 0.